The van der Waals surface area contributed by atoms with Crippen LogP contribution in [0.5, 0.6) is 0 Å². The van der Waals surface area contributed by atoms with Crippen molar-refractivity contribution in [1.29, 1.82) is 0 Å². The number of guanidine groups is 1. The predicted octanol–water partition coefficient (Wildman–Crippen LogP) is -0.304. The number of aliphatic imine (C=N–C) groups is 1. The number of carboxylic acid groups (broad SMARTS) is 1. The zero-order valence-corrected chi connectivity index (χ0v) is 22.6. The number of fused-ring (bicyclic) bond motifs is 1. The van der Waals surface area contributed by atoms with Gasteiger partial charge in [-0.15, -0.1) is 0 Å². The van der Waals surface area contributed by atoms with Crippen LogP contribution in [-0.2, 0) is 25.6 Å². The smallest absolute Gasteiger partial charge is 0.325 e. The molecule has 0 spiro atoms. The van der Waals surface area contributed by atoms with Gasteiger partial charge in [0.1, 0.15) is 18.1 Å². The molecule has 0 aliphatic heterocycles. The molecule has 3 amide bonds. The first-order chi connectivity index (χ1) is 18.4. The highest BCUT2D eigenvalue weighted by Gasteiger charge is 2.30. The van der Waals surface area contributed by atoms with Gasteiger partial charge in [-0.05, 0) is 43.7 Å². The zero-order valence-electron chi connectivity index (χ0n) is 22.6. The molecule has 1 aromatic heterocycles. The number of hydrogen-bond acceptors (Lipinski definition) is 6. The van der Waals surface area contributed by atoms with E-state index >= 15 is 0 Å². The van der Waals surface area contributed by atoms with Gasteiger partial charge in [-0.3, -0.25) is 24.2 Å². The number of nitrogens with two attached hydrogens (primary N) is 3. The monoisotopic (exact) mass is 544 g/mol. The number of nitrogens with one attached hydrogen (secondary N) is 4. The minimum absolute atomic E-state index is 0.0788. The minimum Gasteiger partial charge on any atom is -0.480 e. The number of aromatic nitrogens is 1. The summed E-state index contributed by atoms with van der Waals surface area (Å²) in [5, 5.41) is 17.9. The number of aromatic amines is 1. The standard InChI is InChI=1S/C26H40N8O5/c1-14(2)11-18(27)22(35)33-20(9-6-10-30-26(28)29)23(36)34-21(24(37)32-15(3)25(38)39)12-16-13-31-19-8-5-4-7-17(16)19/h4-5,7-8,13-15,18,20-21,31H,6,9-12,27H2,1-3H3,(H,32,37)(H,33,35)(H,34,36)(H,38,39)(H4,28,29,30). The van der Waals surface area contributed by atoms with Crippen LogP contribution in [0, 0.1) is 5.92 Å². The number of amides is 3. The van der Waals surface area contributed by atoms with Crippen LogP contribution in [0.25, 0.3) is 10.9 Å². The number of para-hydroxylation sites is 1. The molecule has 2 rings (SSSR count). The number of rotatable bonds is 15. The first-order valence-corrected chi connectivity index (χ1v) is 12.9. The van der Waals surface area contributed by atoms with Crippen LogP contribution < -0.4 is 33.2 Å². The average molecular weight is 545 g/mol. The highest BCUT2D eigenvalue weighted by molar-refractivity contribution is 5.94. The van der Waals surface area contributed by atoms with Crippen molar-refractivity contribution >= 4 is 40.6 Å². The molecule has 0 fully saturated rings. The number of nitrogens with zero attached hydrogens (tertiary/aromatic N) is 1. The first-order valence-electron chi connectivity index (χ1n) is 12.9. The summed E-state index contributed by atoms with van der Waals surface area (Å²) >= 11 is 0. The van der Waals surface area contributed by atoms with E-state index in [0.29, 0.717) is 12.8 Å². The Balaban J connectivity index is 2.27. The third kappa shape index (κ3) is 9.93. The molecule has 0 radical (unpaired) electrons. The van der Waals surface area contributed by atoms with E-state index in [1.807, 2.05) is 38.1 Å². The van der Waals surface area contributed by atoms with Gasteiger partial charge in [-0.1, -0.05) is 32.0 Å². The van der Waals surface area contributed by atoms with E-state index in [-0.39, 0.29) is 31.3 Å². The number of hydrogen-bond donors (Lipinski definition) is 8. The van der Waals surface area contributed by atoms with E-state index in [1.165, 1.54) is 6.92 Å². The van der Waals surface area contributed by atoms with Gasteiger partial charge >= 0.3 is 5.97 Å². The maximum absolute atomic E-state index is 13.4. The lowest BCUT2D eigenvalue weighted by atomic mass is 10.0. The number of carbonyl (C=O) groups excluding carboxylic acids is 3. The third-order valence-corrected chi connectivity index (χ3v) is 6.10. The average Bonchev–Trinajstić information content (AvgIpc) is 3.27. The van der Waals surface area contributed by atoms with Crippen molar-refractivity contribution in [2.75, 3.05) is 6.54 Å². The maximum atomic E-state index is 13.4. The number of H-pyrrole nitrogens is 1. The molecule has 0 saturated carbocycles. The molecule has 13 heteroatoms. The Labute approximate surface area is 227 Å². The van der Waals surface area contributed by atoms with E-state index < -0.39 is 47.9 Å². The SMILES string of the molecule is CC(C)CC(N)C(=O)NC(CCCN=C(N)N)C(=O)NC(Cc1c[nH]c2ccccc12)C(=O)NC(C)C(=O)O. The van der Waals surface area contributed by atoms with E-state index in [9.17, 15) is 24.3 Å². The molecular formula is C26H40N8O5. The van der Waals surface area contributed by atoms with Gasteiger partial charge in [-0.25, -0.2) is 0 Å². The largest absolute Gasteiger partial charge is 0.480 e. The van der Waals surface area contributed by atoms with Crippen LogP contribution in [0.3, 0.4) is 0 Å². The second kappa shape index (κ2) is 14.7. The molecule has 0 aliphatic carbocycles. The number of carbonyl (C=O) groups is 4. The Morgan fingerprint density at radius 3 is 2.26 bits per heavy atom. The van der Waals surface area contributed by atoms with E-state index in [4.69, 9.17) is 17.2 Å². The second-order valence-electron chi connectivity index (χ2n) is 9.94. The fourth-order valence-corrected chi connectivity index (χ4v) is 4.04. The normalized spacial score (nSPS) is 14.2. The van der Waals surface area contributed by atoms with Gasteiger partial charge in [0.25, 0.3) is 0 Å². The summed E-state index contributed by atoms with van der Waals surface area (Å²) < 4.78 is 0. The molecule has 4 unspecified atom stereocenters. The molecule has 13 nitrogen and oxygen atoms in total. The summed E-state index contributed by atoms with van der Waals surface area (Å²) in [5.74, 6) is -2.94. The Bertz CT molecular complexity index is 1170. The van der Waals surface area contributed by atoms with Gasteiger partial charge in [0, 0.05) is 30.1 Å². The van der Waals surface area contributed by atoms with Gasteiger partial charge in [0.2, 0.25) is 17.7 Å². The van der Waals surface area contributed by atoms with Crippen LogP contribution in [0.2, 0.25) is 0 Å². The number of benzene rings is 1. The first kappa shape index (κ1) is 31.1. The van der Waals surface area contributed by atoms with Gasteiger partial charge < -0.3 is 43.2 Å². The van der Waals surface area contributed by atoms with Crippen molar-refractivity contribution < 1.29 is 24.3 Å². The van der Waals surface area contributed by atoms with Crippen LogP contribution in [0.4, 0.5) is 0 Å². The Morgan fingerprint density at radius 2 is 1.62 bits per heavy atom. The van der Waals surface area contributed by atoms with Crippen LogP contribution in [0.15, 0.2) is 35.5 Å². The molecule has 1 heterocycles. The molecule has 214 valence electrons. The molecule has 0 saturated heterocycles. The van der Waals surface area contributed by atoms with Gasteiger partial charge in [0.05, 0.1) is 6.04 Å². The molecule has 0 bridgehead atoms. The van der Waals surface area contributed by atoms with E-state index in [1.54, 1.807) is 6.20 Å². The topological polar surface area (TPSA) is 231 Å². The summed E-state index contributed by atoms with van der Waals surface area (Å²) in [6.45, 7) is 5.42. The number of aliphatic carboxylic acids is 1. The van der Waals surface area contributed by atoms with Crippen LogP contribution in [0.1, 0.15) is 45.6 Å². The fraction of sp³-hybridized carbons (Fsp3) is 0.500. The van der Waals surface area contributed by atoms with Crippen LogP contribution >= 0.6 is 0 Å². The molecule has 11 N–H and O–H groups in total. The maximum Gasteiger partial charge on any atom is 0.325 e. The van der Waals surface area contributed by atoms with Gasteiger partial charge in [-0.2, -0.15) is 0 Å². The van der Waals surface area contributed by atoms with E-state index in [2.05, 4.69) is 25.9 Å². The van der Waals surface area contributed by atoms with Crippen molar-refractivity contribution in [2.24, 2.45) is 28.1 Å². The lowest BCUT2D eigenvalue weighted by Crippen LogP contribution is -2.57. The molecular weight excluding hydrogens is 504 g/mol. The predicted molar refractivity (Wildman–Crippen MR) is 148 cm³/mol. The van der Waals surface area contributed by atoms with Crippen molar-refractivity contribution in [3.05, 3.63) is 36.0 Å². The summed E-state index contributed by atoms with van der Waals surface area (Å²) in [6.07, 6.45) is 2.78. The van der Waals surface area contributed by atoms with E-state index in [0.717, 1.165) is 16.5 Å². The highest BCUT2D eigenvalue weighted by Crippen LogP contribution is 2.19. The summed E-state index contributed by atoms with van der Waals surface area (Å²) in [7, 11) is 0. The zero-order chi connectivity index (χ0) is 29.1. The molecule has 1 aromatic carbocycles. The lowest BCUT2D eigenvalue weighted by molar-refractivity contribution is -0.141. The van der Waals surface area contributed by atoms with Crippen molar-refractivity contribution in [1.82, 2.24) is 20.9 Å². The minimum atomic E-state index is -1.22. The summed E-state index contributed by atoms with van der Waals surface area (Å²) in [4.78, 5) is 57.7. The molecule has 2 aromatic rings. The van der Waals surface area contributed by atoms with Crippen molar-refractivity contribution in [2.45, 2.75) is 70.6 Å². The Kier molecular flexibility index (Phi) is 11.7. The fourth-order valence-electron chi connectivity index (χ4n) is 4.04. The summed E-state index contributed by atoms with van der Waals surface area (Å²) in [6, 6.07) is 3.32. The van der Waals surface area contributed by atoms with Gasteiger partial charge in [0.15, 0.2) is 5.96 Å². The van der Waals surface area contributed by atoms with Crippen molar-refractivity contribution in [3.63, 3.8) is 0 Å². The van der Waals surface area contributed by atoms with Crippen molar-refractivity contribution in [3.8, 4) is 0 Å². The molecule has 0 aliphatic rings. The second-order valence-corrected chi connectivity index (χ2v) is 9.94. The Hall–Kier alpha value is -4.13. The lowest BCUT2D eigenvalue weighted by Gasteiger charge is -2.25. The molecule has 39 heavy (non-hydrogen) atoms. The molecule has 4 atom stereocenters. The Morgan fingerprint density at radius 1 is 0.974 bits per heavy atom. The van der Waals surface area contributed by atoms with Crippen LogP contribution in [-0.4, -0.2) is 70.5 Å². The quantitative estimate of drug-likeness (QED) is 0.0840. The summed E-state index contributed by atoms with van der Waals surface area (Å²) in [5.41, 5.74) is 18.4. The third-order valence-electron chi connectivity index (χ3n) is 6.10. The number of carboxylic acids is 1. The highest BCUT2D eigenvalue weighted by atomic mass is 16.4.